The Balaban J connectivity index is 2.59. The lowest BCUT2D eigenvalue weighted by molar-refractivity contribution is 0.0913. The number of aromatic amines is 1. The van der Waals surface area contributed by atoms with Crippen molar-refractivity contribution in [1.82, 2.24) is 24.4 Å². The Labute approximate surface area is 108 Å². The number of hydrogen-bond acceptors (Lipinski definition) is 5. The maximum Gasteiger partial charge on any atom is 0.280 e. The van der Waals surface area contributed by atoms with E-state index in [1.165, 1.54) is 17.2 Å². The van der Waals surface area contributed by atoms with Gasteiger partial charge in [0.15, 0.2) is 11.2 Å². The predicted octanol–water partition coefficient (Wildman–Crippen LogP) is 0.391. The van der Waals surface area contributed by atoms with E-state index in [0.29, 0.717) is 6.42 Å². The fraction of sp³-hybridized carbons (Fsp3) is 0.364. The zero-order valence-electron chi connectivity index (χ0n) is 10.9. The molecule has 0 saturated carbocycles. The molecule has 19 heavy (non-hydrogen) atoms. The van der Waals surface area contributed by atoms with E-state index < -0.39 is 5.56 Å². The zero-order valence-corrected chi connectivity index (χ0v) is 10.9. The Kier molecular flexibility index (Phi) is 3.41. The number of hydrogen-bond donors (Lipinski definition) is 1. The number of H-pyrrole nitrogens is 1. The van der Waals surface area contributed by atoms with Gasteiger partial charge in [-0.3, -0.25) is 19.1 Å². The Morgan fingerprint density at radius 3 is 2.95 bits per heavy atom. The summed E-state index contributed by atoms with van der Waals surface area (Å²) in [6.45, 7) is 1.73. The number of aromatic nitrogens is 4. The molecule has 100 valence electrons. The Hall–Kier alpha value is -2.51. The molecule has 0 atom stereocenters. The van der Waals surface area contributed by atoms with E-state index in [4.69, 9.17) is 0 Å². The van der Waals surface area contributed by atoms with Crippen molar-refractivity contribution in [3.8, 4) is 0 Å². The molecule has 0 radical (unpaired) electrons. The number of carbonyl (C=O) groups excluding carboxylic acids is 1. The molecule has 0 aliphatic carbocycles. The monoisotopic (exact) mass is 262 g/mol. The number of carbonyl (C=O) groups is 1. The smallest absolute Gasteiger partial charge is 0.280 e. The van der Waals surface area contributed by atoms with Crippen molar-refractivity contribution in [2.75, 3.05) is 14.1 Å². The molecule has 1 N–H and O–H groups in total. The minimum atomic E-state index is -0.418. The van der Waals surface area contributed by atoms with E-state index in [1.807, 2.05) is 0 Å². The minimum absolute atomic E-state index is 0.130. The van der Waals surface area contributed by atoms with Gasteiger partial charge in [-0.2, -0.15) is 4.98 Å². The lowest BCUT2D eigenvalue weighted by Crippen LogP contribution is -2.13. The lowest BCUT2D eigenvalue weighted by Gasteiger charge is -2.02. The van der Waals surface area contributed by atoms with Crippen LogP contribution in [0.15, 0.2) is 16.1 Å². The highest BCUT2D eigenvalue weighted by Gasteiger charge is 2.13. The van der Waals surface area contributed by atoms with Crippen molar-refractivity contribution in [2.45, 2.75) is 13.3 Å². The molecule has 0 aliphatic heterocycles. The van der Waals surface area contributed by atoms with Crippen LogP contribution in [0.25, 0.3) is 11.2 Å². The van der Waals surface area contributed by atoms with Crippen LogP contribution in [0, 0.1) is 0 Å². The van der Waals surface area contributed by atoms with Crippen molar-refractivity contribution in [3.05, 3.63) is 16.7 Å². The average molecular weight is 262 g/mol. The molecule has 0 fully saturated rings. The van der Waals surface area contributed by atoms with Crippen molar-refractivity contribution in [2.24, 2.45) is 4.99 Å². The highest BCUT2D eigenvalue weighted by molar-refractivity contribution is 5.88. The molecular formula is C11H14N6O2. The van der Waals surface area contributed by atoms with Gasteiger partial charge in [0.05, 0.1) is 6.34 Å². The second-order valence-corrected chi connectivity index (χ2v) is 4.13. The Morgan fingerprint density at radius 2 is 2.32 bits per heavy atom. The maximum absolute atomic E-state index is 11.8. The molecule has 0 unspecified atom stereocenters. The molecule has 0 saturated heterocycles. The van der Waals surface area contributed by atoms with Crippen LogP contribution in [0.1, 0.15) is 18.1 Å². The van der Waals surface area contributed by atoms with Crippen LogP contribution < -0.4 is 5.56 Å². The van der Waals surface area contributed by atoms with E-state index >= 15 is 0 Å². The first-order chi connectivity index (χ1) is 9.02. The van der Waals surface area contributed by atoms with Gasteiger partial charge in [-0.05, 0) is 0 Å². The summed E-state index contributed by atoms with van der Waals surface area (Å²) in [7, 11) is 3.59. The standard InChI is InChI=1S/C11H14N6O2/c1-4-7(18)17-6-12-8-9(17)14-11(15-10(8)19)13-5-16(2)3/h5-6H,4H2,1-3H3,(H,14,15,19)/b13-5+. The quantitative estimate of drug-likeness (QED) is 0.637. The maximum atomic E-state index is 11.8. The zero-order chi connectivity index (χ0) is 14.0. The summed E-state index contributed by atoms with van der Waals surface area (Å²) in [6, 6.07) is 0. The molecule has 0 bridgehead atoms. The number of aliphatic imine (C=N–C) groups is 1. The van der Waals surface area contributed by atoms with Crippen LogP contribution >= 0.6 is 0 Å². The molecule has 2 aromatic rings. The van der Waals surface area contributed by atoms with E-state index in [-0.39, 0.29) is 23.0 Å². The molecular weight excluding hydrogens is 248 g/mol. The van der Waals surface area contributed by atoms with Gasteiger partial charge in [-0.25, -0.2) is 9.98 Å². The molecule has 2 heterocycles. The van der Waals surface area contributed by atoms with Crippen LogP contribution in [0.3, 0.4) is 0 Å². The second kappa shape index (κ2) is 5.01. The highest BCUT2D eigenvalue weighted by Crippen LogP contribution is 2.10. The first-order valence-electron chi connectivity index (χ1n) is 5.74. The number of nitrogens with zero attached hydrogens (tertiary/aromatic N) is 5. The number of nitrogens with one attached hydrogen (secondary N) is 1. The molecule has 0 aromatic carbocycles. The van der Waals surface area contributed by atoms with Crippen LogP contribution in [0.4, 0.5) is 5.95 Å². The number of rotatable bonds is 3. The molecule has 2 aromatic heterocycles. The molecule has 8 heteroatoms. The SMILES string of the molecule is CCC(=O)n1cnc2c(=O)[nH]c(/N=C/N(C)C)nc21. The fourth-order valence-corrected chi connectivity index (χ4v) is 1.48. The summed E-state index contributed by atoms with van der Waals surface area (Å²) < 4.78 is 1.26. The van der Waals surface area contributed by atoms with Crippen molar-refractivity contribution >= 4 is 29.4 Å². The second-order valence-electron chi connectivity index (χ2n) is 4.13. The molecule has 0 spiro atoms. The molecule has 2 rings (SSSR count). The Morgan fingerprint density at radius 1 is 1.58 bits per heavy atom. The van der Waals surface area contributed by atoms with Gasteiger partial charge in [0.2, 0.25) is 11.9 Å². The average Bonchev–Trinajstić information content (AvgIpc) is 2.79. The van der Waals surface area contributed by atoms with Crippen LogP contribution in [-0.4, -0.2) is 50.8 Å². The van der Waals surface area contributed by atoms with E-state index in [2.05, 4.69) is 19.9 Å². The van der Waals surface area contributed by atoms with E-state index in [9.17, 15) is 9.59 Å². The third kappa shape index (κ3) is 2.51. The summed E-state index contributed by atoms with van der Waals surface area (Å²) in [5.41, 5.74) is -0.0642. The third-order valence-corrected chi connectivity index (χ3v) is 2.38. The van der Waals surface area contributed by atoms with Gasteiger partial charge in [-0.1, -0.05) is 6.92 Å². The number of fused-ring (bicyclic) bond motifs is 1. The van der Waals surface area contributed by atoms with Gasteiger partial charge < -0.3 is 4.90 Å². The van der Waals surface area contributed by atoms with Gasteiger partial charge in [0.1, 0.15) is 6.33 Å². The fourth-order valence-electron chi connectivity index (χ4n) is 1.48. The van der Waals surface area contributed by atoms with Gasteiger partial charge >= 0.3 is 0 Å². The largest absolute Gasteiger partial charge is 0.369 e. The van der Waals surface area contributed by atoms with Crippen molar-refractivity contribution in [1.29, 1.82) is 0 Å². The topological polar surface area (TPSA) is 96.2 Å². The van der Waals surface area contributed by atoms with Crippen molar-refractivity contribution < 1.29 is 4.79 Å². The summed E-state index contributed by atoms with van der Waals surface area (Å²) in [5, 5.41) is 0. The molecule has 0 aliphatic rings. The van der Waals surface area contributed by atoms with Gasteiger partial charge in [0.25, 0.3) is 5.56 Å². The van der Waals surface area contributed by atoms with Gasteiger partial charge in [-0.15, -0.1) is 0 Å². The van der Waals surface area contributed by atoms with Gasteiger partial charge in [0, 0.05) is 20.5 Å². The first-order valence-corrected chi connectivity index (χ1v) is 5.74. The van der Waals surface area contributed by atoms with Crippen LogP contribution in [-0.2, 0) is 0 Å². The van der Waals surface area contributed by atoms with E-state index in [1.54, 1.807) is 25.9 Å². The highest BCUT2D eigenvalue weighted by atomic mass is 16.2. The van der Waals surface area contributed by atoms with E-state index in [0.717, 1.165) is 0 Å². The Bertz CT molecular complexity index is 697. The summed E-state index contributed by atoms with van der Waals surface area (Å²) >= 11 is 0. The molecule has 8 nitrogen and oxygen atoms in total. The summed E-state index contributed by atoms with van der Waals surface area (Å²) in [4.78, 5) is 39.7. The third-order valence-electron chi connectivity index (χ3n) is 2.38. The summed E-state index contributed by atoms with van der Waals surface area (Å²) in [6.07, 6.45) is 3.11. The minimum Gasteiger partial charge on any atom is -0.369 e. The predicted molar refractivity (Wildman–Crippen MR) is 70.9 cm³/mol. The van der Waals surface area contributed by atoms with Crippen LogP contribution in [0.2, 0.25) is 0 Å². The van der Waals surface area contributed by atoms with Crippen molar-refractivity contribution in [3.63, 3.8) is 0 Å². The summed E-state index contributed by atoms with van der Waals surface area (Å²) in [5.74, 6) is -0.0417. The normalized spacial score (nSPS) is 11.3. The van der Waals surface area contributed by atoms with Crippen LogP contribution in [0.5, 0.6) is 0 Å². The number of imidazole rings is 1. The molecule has 0 amide bonds. The lowest BCUT2D eigenvalue weighted by atomic mass is 10.4. The first kappa shape index (κ1) is 12.9.